The summed E-state index contributed by atoms with van der Waals surface area (Å²) in [6, 6.07) is 7.16. The topological polar surface area (TPSA) is 97.4 Å². The van der Waals surface area contributed by atoms with E-state index in [-0.39, 0.29) is 13.2 Å². The summed E-state index contributed by atoms with van der Waals surface area (Å²) in [5, 5.41) is 0. The van der Waals surface area contributed by atoms with Crippen molar-refractivity contribution in [3.63, 3.8) is 0 Å². The zero-order valence-corrected chi connectivity index (χ0v) is 13.8. The zero-order valence-electron chi connectivity index (χ0n) is 13.0. The van der Waals surface area contributed by atoms with Gasteiger partial charge in [0, 0.05) is 0 Å². The van der Waals surface area contributed by atoms with Gasteiger partial charge in [-0.05, 0) is 24.6 Å². The molecule has 0 aliphatic carbocycles. The summed E-state index contributed by atoms with van der Waals surface area (Å²) in [5.74, 6) is -0.133. The summed E-state index contributed by atoms with van der Waals surface area (Å²) in [7, 11) is -1.56. The monoisotopic (exact) mass is 346 g/mol. The van der Waals surface area contributed by atoms with Crippen LogP contribution in [0.2, 0.25) is 0 Å². The summed E-state index contributed by atoms with van der Waals surface area (Å²) in [6.45, 7) is 1.45. The Morgan fingerprint density at radius 1 is 1.26 bits per heavy atom. The minimum Gasteiger partial charge on any atom is -0.497 e. The lowest BCUT2D eigenvalue weighted by Gasteiger charge is -2.24. The second-order valence-electron chi connectivity index (χ2n) is 5.14. The van der Waals surface area contributed by atoms with Gasteiger partial charge < -0.3 is 14.2 Å². The molecule has 8 nitrogen and oxygen atoms in total. The maximum absolute atomic E-state index is 11.7. The third kappa shape index (κ3) is 4.20. The minimum absolute atomic E-state index is 0.169. The molecule has 0 spiro atoms. The molecule has 1 heterocycles. The van der Waals surface area contributed by atoms with Crippen molar-refractivity contribution >= 4 is 16.4 Å². The maximum Gasteiger partial charge on any atom is 0.401 e. The predicted octanol–water partition coefficient (Wildman–Crippen LogP) is 0.804. The van der Waals surface area contributed by atoms with Gasteiger partial charge in [-0.3, -0.25) is 0 Å². The number of hydrogen-bond donors (Lipinski definition) is 0. The molecule has 0 unspecified atom stereocenters. The molecule has 2 rings (SSSR count). The zero-order chi connectivity index (χ0) is 17.1. The molecule has 1 aliphatic rings. The molecule has 23 heavy (non-hydrogen) atoms. The smallest absolute Gasteiger partial charge is 0.401 e. The van der Waals surface area contributed by atoms with E-state index in [1.807, 2.05) is 12.1 Å². The van der Waals surface area contributed by atoms with Crippen molar-refractivity contribution in [3.05, 3.63) is 29.8 Å². The summed E-state index contributed by atoms with van der Waals surface area (Å²) in [5.41, 5.74) is -0.635. The van der Waals surface area contributed by atoms with Gasteiger partial charge in [-0.2, -0.15) is 8.42 Å². The largest absolute Gasteiger partial charge is 0.497 e. The first-order chi connectivity index (χ1) is 10.8. The van der Waals surface area contributed by atoms with E-state index in [4.69, 9.17) is 13.7 Å². The lowest BCUT2D eigenvalue weighted by molar-refractivity contribution is -0.156. The molecule has 0 amide bonds. The lowest BCUT2D eigenvalue weighted by Crippen LogP contribution is -2.46. The fourth-order valence-electron chi connectivity index (χ4n) is 2.10. The van der Waals surface area contributed by atoms with Crippen LogP contribution in [0.4, 0.5) is 0 Å². The van der Waals surface area contributed by atoms with Gasteiger partial charge in [0.2, 0.25) is 6.10 Å². The van der Waals surface area contributed by atoms with Crippen molar-refractivity contribution in [1.29, 1.82) is 0 Å². The Morgan fingerprint density at radius 3 is 2.48 bits per heavy atom. The highest BCUT2D eigenvalue weighted by Gasteiger charge is 2.55. The van der Waals surface area contributed by atoms with E-state index in [9.17, 15) is 13.2 Å². The molecule has 0 radical (unpaired) electrons. The van der Waals surface area contributed by atoms with Crippen molar-refractivity contribution in [2.45, 2.75) is 25.2 Å². The van der Waals surface area contributed by atoms with Crippen molar-refractivity contribution < 1.29 is 35.8 Å². The predicted molar refractivity (Wildman–Crippen MR) is 77.9 cm³/mol. The van der Waals surface area contributed by atoms with Crippen LogP contribution in [0.5, 0.6) is 5.75 Å². The van der Waals surface area contributed by atoms with Crippen LogP contribution in [0, 0.1) is 0 Å². The average molecular weight is 346 g/mol. The first kappa shape index (κ1) is 17.7. The Labute approximate surface area is 134 Å². The molecule has 0 N–H and O–H groups in total. The quantitative estimate of drug-likeness (QED) is 0.698. The van der Waals surface area contributed by atoms with Gasteiger partial charge in [0.05, 0.1) is 27.4 Å². The van der Waals surface area contributed by atoms with E-state index in [1.54, 1.807) is 19.2 Å². The van der Waals surface area contributed by atoms with E-state index in [1.165, 1.54) is 6.92 Å². The summed E-state index contributed by atoms with van der Waals surface area (Å²) < 4.78 is 47.5. The number of benzene rings is 1. The molecule has 9 heteroatoms. The van der Waals surface area contributed by atoms with Crippen LogP contribution < -0.4 is 4.74 Å². The third-order valence-electron chi connectivity index (χ3n) is 3.29. The number of ether oxygens (including phenoxy) is 3. The standard InChI is InChI=1S/C14H18O8S/c1-14(12(13(15)19-3)21-23(16,17)22-14)9-20-8-10-4-6-11(18-2)7-5-10/h4-7,12H,8-9H2,1-3H3/t12-,14+/m0/s1. The normalized spacial score (nSPS) is 26.0. The molecular weight excluding hydrogens is 328 g/mol. The van der Waals surface area contributed by atoms with Crippen molar-refractivity contribution in [1.82, 2.24) is 0 Å². The first-order valence-corrected chi connectivity index (χ1v) is 8.05. The second kappa shape index (κ2) is 6.83. The van der Waals surface area contributed by atoms with Gasteiger partial charge >= 0.3 is 16.4 Å². The van der Waals surface area contributed by atoms with Crippen LogP contribution in [0.25, 0.3) is 0 Å². The van der Waals surface area contributed by atoms with Crippen molar-refractivity contribution in [2.24, 2.45) is 0 Å². The number of carbonyl (C=O) groups is 1. The molecule has 2 atom stereocenters. The Bertz CT molecular complexity index is 654. The van der Waals surface area contributed by atoms with Gasteiger partial charge in [-0.1, -0.05) is 12.1 Å². The molecule has 1 fully saturated rings. The summed E-state index contributed by atoms with van der Waals surface area (Å²) in [4.78, 5) is 11.7. The maximum atomic E-state index is 11.7. The third-order valence-corrected chi connectivity index (χ3v) is 4.31. The summed E-state index contributed by atoms with van der Waals surface area (Å²) >= 11 is 0. The van der Waals surface area contributed by atoms with Crippen LogP contribution in [-0.2, 0) is 39.6 Å². The highest BCUT2D eigenvalue weighted by atomic mass is 32.3. The Hall–Kier alpha value is -1.68. The van der Waals surface area contributed by atoms with E-state index in [0.29, 0.717) is 5.75 Å². The van der Waals surface area contributed by atoms with E-state index in [0.717, 1.165) is 12.7 Å². The van der Waals surface area contributed by atoms with Crippen molar-refractivity contribution in [2.75, 3.05) is 20.8 Å². The van der Waals surface area contributed by atoms with Gasteiger partial charge in [0.15, 0.2) is 0 Å². The Balaban J connectivity index is 2.00. The fraction of sp³-hybridized carbons (Fsp3) is 0.500. The van der Waals surface area contributed by atoms with Crippen LogP contribution >= 0.6 is 0 Å². The molecule has 1 saturated heterocycles. The molecule has 0 bridgehead atoms. The van der Waals surface area contributed by atoms with Gasteiger partial charge in [0.25, 0.3) is 0 Å². The number of rotatable bonds is 6. The lowest BCUT2D eigenvalue weighted by atomic mass is 10.0. The number of hydrogen-bond acceptors (Lipinski definition) is 8. The fourth-order valence-corrected chi connectivity index (χ4v) is 3.26. The average Bonchev–Trinajstić information content (AvgIpc) is 2.77. The van der Waals surface area contributed by atoms with Crippen LogP contribution in [0.3, 0.4) is 0 Å². The second-order valence-corrected chi connectivity index (χ2v) is 6.32. The highest BCUT2D eigenvalue weighted by Crippen LogP contribution is 2.32. The van der Waals surface area contributed by atoms with Gasteiger partial charge in [-0.15, -0.1) is 0 Å². The number of carbonyl (C=O) groups excluding carboxylic acids is 1. The molecule has 0 aromatic heterocycles. The van der Waals surface area contributed by atoms with Crippen LogP contribution in [-0.4, -0.2) is 46.9 Å². The molecule has 1 aromatic carbocycles. The van der Waals surface area contributed by atoms with Crippen LogP contribution in [0.15, 0.2) is 24.3 Å². The highest BCUT2D eigenvalue weighted by molar-refractivity contribution is 7.82. The molecular formula is C14H18O8S. The van der Waals surface area contributed by atoms with E-state index < -0.39 is 28.1 Å². The molecule has 0 saturated carbocycles. The van der Waals surface area contributed by atoms with E-state index >= 15 is 0 Å². The SMILES string of the molecule is COC(=O)[C@@H]1OS(=O)(=O)O[C@]1(C)COCc1ccc(OC)cc1. The van der Waals surface area contributed by atoms with Gasteiger partial charge in [0.1, 0.15) is 11.4 Å². The van der Waals surface area contributed by atoms with E-state index in [2.05, 4.69) is 8.92 Å². The first-order valence-electron chi connectivity index (χ1n) is 6.72. The molecule has 128 valence electrons. The molecule has 1 aliphatic heterocycles. The Kier molecular flexibility index (Phi) is 5.25. The number of esters is 1. The number of methoxy groups -OCH3 is 2. The van der Waals surface area contributed by atoms with Crippen molar-refractivity contribution in [3.8, 4) is 5.75 Å². The minimum atomic E-state index is -4.26. The van der Waals surface area contributed by atoms with Gasteiger partial charge in [-0.25, -0.2) is 13.2 Å². The Morgan fingerprint density at radius 2 is 1.91 bits per heavy atom. The molecule has 1 aromatic rings. The van der Waals surface area contributed by atoms with Crippen LogP contribution in [0.1, 0.15) is 12.5 Å². The summed E-state index contributed by atoms with van der Waals surface area (Å²) in [6.07, 6.45) is -1.41.